The van der Waals surface area contributed by atoms with Crippen LogP contribution >= 0.6 is 0 Å². The summed E-state index contributed by atoms with van der Waals surface area (Å²) in [7, 11) is 2.14. The molecule has 20 heavy (non-hydrogen) atoms. The third kappa shape index (κ3) is 2.07. The van der Waals surface area contributed by atoms with Crippen LogP contribution in [0.25, 0.3) is 10.9 Å². The fraction of sp³-hybridized carbons (Fsp3) is 0.556. The molecule has 2 saturated carbocycles. The fourth-order valence-electron chi connectivity index (χ4n) is 4.59. The van der Waals surface area contributed by atoms with Gasteiger partial charge in [-0.15, -0.1) is 0 Å². The van der Waals surface area contributed by atoms with Gasteiger partial charge in [0.1, 0.15) is 0 Å². The maximum Gasteiger partial charge on any atom is 0.0481 e. The van der Waals surface area contributed by atoms with Gasteiger partial charge in [-0.05, 0) is 55.2 Å². The van der Waals surface area contributed by atoms with E-state index in [-0.39, 0.29) is 0 Å². The van der Waals surface area contributed by atoms with Crippen molar-refractivity contribution in [1.29, 1.82) is 0 Å². The monoisotopic (exact) mass is 268 g/mol. The maximum atomic E-state index is 3.72. The molecule has 2 fully saturated rings. The number of aromatic nitrogens is 1. The van der Waals surface area contributed by atoms with Gasteiger partial charge < -0.3 is 9.88 Å². The van der Waals surface area contributed by atoms with Crippen molar-refractivity contribution in [2.75, 3.05) is 6.54 Å². The van der Waals surface area contributed by atoms with Gasteiger partial charge in [0.05, 0.1) is 0 Å². The van der Waals surface area contributed by atoms with E-state index in [1.165, 1.54) is 48.7 Å². The van der Waals surface area contributed by atoms with Gasteiger partial charge in [-0.3, -0.25) is 0 Å². The van der Waals surface area contributed by atoms with Crippen molar-refractivity contribution in [1.82, 2.24) is 9.88 Å². The van der Waals surface area contributed by atoms with Gasteiger partial charge in [0.15, 0.2) is 0 Å². The van der Waals surface area contributed by atoms with E-state index in [1.807, 2.05) is 0 Å². The minimum atomic E-state index is 0.948. The van der Waals surface area contributed by atoms with Gasteiger partial charge in [0.25, 0.3) is 0 Å². The van der Waals surface area contributed by atoms with Crippen LogP contribution in [0, 0.1) is 17.8 Å². The van der Waals surface area contributed by atoms with Crippen molar-refractivity contribution < 1.29 is 0 Å². The Morgan fingerprint density at radius 3 is 2.90 bits per heavy atom. The van der Waals surface area contributed by atoms with E-state index in [2.05, 4.69) is 47.4 Å². The summed E-state index contributed by atoms with van der Waals surface area (Å²) in [4.78, 5) is 0. The lowest BCUT2D eigenvalue weighted by Crippen LogP contribution is -2.26. The first-order chi connectivity index (χ1) is 9.81. The molecule has 1 aromatic carbocycles. The molecular weight excluding hydrogens is 244 g/mol. The van der Waals surface area contributed by atoms with E-state index in [1.54, 1.807) is 0 Å². The number of para-hydroxylation sites is 1. The zero-order valence-electron chi connectivity index (χ0n) is 12.3. The van der Waals surface area contributed by atoms with Crippen molar-refractivity contribution >= 4 is 10.9 Å². The number of nitrogens with zero attached hydrogens (tertiary/aromatic N) is 1. The SMILES string of the molecule is Cn1cc(CNCC2CC3CCC2C3)c2ccccc21. The highest BCUT2D eigenvalue weighted by molar-refractivity contribution is 5.83. The van der Waals surface area contributed by atoms with E-state index in [0.29, 0.717) is 0 Å². The number of benzene rings is 1. The summed E-state index contributed by atoms with van der Waals surface area (Å²) in [5.41, 5.74) is 2.77. The average molecular weight is 268 g/mol. The molecule has 3 unspecified atom stereocenters. The third-order valence-corrected chi connectivity index (χ3v) is 5.59. The summed E-state index contributed by atoms with van der Waals surface area (Å²) in [5.74, 6) is 3.04. The standard InChI is InChI=1S/C18H24N2/c1-20-12-16(17-4-2-3-5-18(17)20)11-19-10-15-9-13-6-7-14(15)8-13/h2-5,12-15,19H,6-11H2,1H3. The fourth-order valence-corrected chi connectivity index (χ4v) is 4.59. The smallest absolute Gasteiger partial charge is 0.0481 e. The van der Waals surface area contributed by atoms with Gasteiger partial charge in [-0.2, -0.15) is 0 Å². The predicted molar refractivity (Wildman–Crippen MR) is 83.6 cm³/mol. The van der Waals surface area contributed by atoms with Crippen LogP contribution in [-0.2, 0) is 13.6 Å². The molecule has 0 aliphatic heterocycles. The second kappa shape index (κ2) is 4.92. The minimum Gasteiger partial charge on any atom is -0.350 e. The first-order valence-electron chi connectivity index (χ1n) is 8.05. The van der Waals surface area contributed by atoms with Crippen LogP contribution in [0.5, 0.6) is 0 Å². The summed E-state index contributed by atoms with van der Waals surface area (Å²) in [6, 6.07) is 8.70. The Morgan fingerprint density at radius 2 is 2.10 bits per heavy atom. The van der Waals surface area contributed by atoms with Gasteiger partial charge in [-0.1, -0.05) is 24.6 Å². The Morgan fingerprint density at radius 1 is 1.20 bits per heavy atom. The van der Waals surface area contributed by atoms with Crippen LogP contribution in [0.2, 0.25) is 0 Å². The van der Waals surface area contributed by atoms with Crippen LogP contribution in [0.15, 0.2) is 30.5 Å². The summed E-state index contributed by atoms with van der Waals surface area (Å²) in [6.07, 6.45) is 8.27. The molecule has 0 radical (unpaired) electrons. The molecule has 2 aromatic rings. The van der Waals surface area contributed by atoms with Crippen molar-refractivity contribution in [3.63, 3.8) is 0 Å². The summed E-state index contributed by atoms with van der Waals surface area (Å²) < 4.78 is 2.24. The highest BCUT2D eigenvalue weighted by Crippen LogP contribution is 2.47. The van der Waals surface area contributed by atoms with Crippen LogP contribution in [-0.4, -0.2) is 11.1 Å². The van der Waals surface area contributed by atoms with E-state index >= 15 is 0 Å². The Bertz CT molecular complexity index is 613. The van der Waals surface area contributed by atoms with Crippen molar-refractivity contribution in [2.24, 2.45) is 24.8 Å². The van der Waals surface area contributed by atoms with Crippen LogP contribution < -0.4 is 5.32 Å². The molecule has 0 amide bonds. The maximum absolute atomic E-state index is 3.72. The molecule has 1 heterocycles. The number of fused-ring (bicyclic) bond motifs is 3. The molecule has 2 bridgehead atoms. The molecule has 2 heteroatoms. The molecule has 106 valence electrons. The zero-order chi connectivity index (χ0) is 13.5. The lowest BCUT2D eigenvalue weighted by Gasteiger charge is -2.21. The lowest BCUT2D eigenvalue weighted by molar-refractivity contribution is 0.318. The largest absolute Gasteiger partial charge is 0.350 e. The van der Waals surface area contributed by atoms with E-state index in [0.717, 1.165) is 24.3 Å². The first kappa shape index (κ1) is 12.5. The van der Waals surface area contributed by atoms with Gasteiger partial charge >= 0.3 is 0 Å². The van der Waals surface area contributed by atoms with Gasteiger partial charge in [0.2, 0.25) is 0 Å². The minimum absolute atomic E-state index is 0.948. The normalized spacial score (nSPS) is 28.6. The number of hydrogen-bond acceptors (Lipinski definition) is 1. The van der Waals surface area contributed by atoms with Crippen molar-refractivity contribution in [3.05, 3.63) is 36.0 Å². The molecule has 1 aromatic heterocycles. The van der Waals surface area contributed by atoms with Gasteiger partial charge in [0, 0.05) is 30.7 Å². The molecule has 3 atom stereocenters. The van der Waals surface area contributed by atoms with Crippen LogP contribution in [0.4, 0.5) is 0 Å². The highest BCUT2D eigenvalue weighted by atomic mass is 14.9. The summed E-state index contributed by atoms with van der Waals surface area (Å²) in [6.45, 7) is 2.22. The molecule has 0 spiro atoms. The highest BCUT2D eigenvalue weighted by Gasteiger charge is 2.38. The molecular formula is C18H24N2. The first-order valence-corrected chi connectivity index (χ1v) is 8.05. The van der Waals surface area contributed by atoms with E-state index < -0.39 is 0 Å². The predicted octanol–water partition coefficient (Wildman–Crippen LogP) is 3.70. The summed E-state index contributed by atoms with van der Waals surface area (Å²) >= 11 is 0. The Labute approximate surface area is 121 Å². The zero-order valence-corrected chi connectivity index (χ0v) is 12.3. The number of nitrogens with one attached hydrogen (secondary N) is 1. The average Bonchev–Trinajstić information content (AvgIpc) is 3.15. The van der Waals surface area contributed by atoms with Crippen molar-refractivity contribution in [2.45, 2.75) is 32.2 Å². The molecule has 2 nitrogen and oxygen atoms in total. The topological polar surface area (TPSA) is 17.0 Å². The lowest BCUT2D eigenvalue weighted by atomic mass is 9.89. The van der Waals surface area contributed by atoms with E-state index in [4.69, 9.17) is 0 Å². The molecule has 0 saturated heterocycles. The second-order valence-electron chi connectivity index (χ2n) is 6.85. The molecule has 4 rings (SSSR count). The van der Waals surface area contributed by atoms with Gasteiger partial charge in [-0.25, -0.2) is 0 Å². The van der Waals surface area contributed by atoms with Crippen molar-refractivity contribution in [3.8, 4) is 0 Å². The van der Waals surface area contributed by atoms with Crippen LogP contribution in [0.3, 0.4) is 0 Å². The van der Waals surface area contributed by atoms with Crippen LogP contribution in [0.1, 0.15) is 31.2 Å². The Balaban J connectivity index is 1.41. The molecule has 2 aliphatic rings. The Hall–Kier alpha value is -1.28. The Kier molecular flexibility index (Phi) is 3.07. The molecule has 2 aliphatic carbocycles. The number of hydrogen-bond donors (Lipinski definition) is 1. The molecule has 1 N–H and O–H groups in total. The quantitative estimate of drug-likeness (QED) is 0.894. The number of rotatable bonds is 4. The van der Waals surface area contributed by atoms with E-state index in [9.17, 15) is 0 Å². The third-order valence-electron chi connectivity index (χ3n) is 5.59. The summed E-state index contributed by atoms with van der Waals surface area (Å²) in [5, 5.41) is 5.12. The number of aryl methyl sites for hydroxylation is 1. The second-order valence-corrected chi connectivity index (χ2v) is 6.85.